The summed E-state index contributed by atoms with van der Waals surface area (Å²) in [7, 11) is 13.4. The van der Waals surface area contributed by atoms with Crippen LogP contribution in [0.1, 0.15) is 71.1 Å². The first-order chi connectivity index (χ1) is 20.9. The van der Waals surface area contributed by atoms with E-state index in [2.05, 4.69) is 52.6 Å². The van der Waals surface area contributed by atoms with E-state index in [4.69, 9.17) is 18.9 Å². The Kier molecular flexibility index (Phi) is 31.4. The molecule has 260 valence electrons. The summed E-state index contributed by atoms with van der Waals surface area (Å²) in [5, 5.41) is 0. The Morgan fingerprint density at radius 2 is 1.00 bits per heavy atom. The number of methoxy groups -OCH3 is 4. The van der Waals surface area contributed by atoms with Gasteiger partial charge in [0.2, 0.25) is 0 Å². The molecule has 4 heterocycles. The van der Waals surface area contributed by atoms with Gasteiger partial charge in [0, 0.05) is 61.2 Å². The second-order valence-electron chi connectivity index (χ2n) is 12.5. The van der Waals surface area contributed by atoms with Crippen molar-refractivity contribution >= 4 is 0 Å². The van der Waals surface area contributed by atoms with Crippen LogP contribution in [-0.2, 0) is 18.9 Å². The van der Waals surface area contributed by atoms with Crippen molar-refractivity contribution < 1.29 is 18.9 Å². The molecule has 0 unspecified atom stereocenters. The zero-order valence-electron chi connectivity index (χ0n) is 30.1. The van der Waals surface area contributed by atoms with Crippen LogP contribution in [0.3, 0.4) is 0 Å². The minimum Gasteiger partial charge on any atom is -0.385 e. The van der Waals surface area contributed by atoms with E-state index in [1.807, 2.05) is 0 Å². The molecule has 9 nitrogen and oxygen atoms in total. The molecular formula is C34H75N5O4. The summed E-state index contributed by atoms with van der Waals surface area (Å²) in [6.45, 7) is 19.7. The van der Waals surface area contributed by atoms with E-state index in [9.17, 15) is 0 Å². The van der Waals surface area contributed by atoms with Gasteiger partial charge in [0.05, 0.1) is 19.3 Å². The lowest BCUT2D eigenvalue weighted by Crippen LogP contribution is -2.33. The summed E-state index contributed by atoms with van der Waals surface area (Å²) >= 11 is 0. The molecule has 4 aliphatic rings. The molecule has 4 rings (SSSR count). The van der Waals surface area contributed by atoms with Gasteiger partial charge in [-0.05, 0) is 131 Å². The normalized spacial score (nSPS) is 20.3. The number of nitrogens with zero attached hydrogens (tertiary/aromatic N) is 5. The number of hydrogen-bond donors (Lipinski definition) is 0. The van der Waals surface area contributed by atoms with Crippen molar-refractivity contribution in [2.75, 3.05) is 148 Å². The number of ether oxygens (including phenoxy) is 4. The molecule has 9 heteroatoms. The topological polar surface area (TPSA) is 53.1 Å². The summed E-state index contributed by atoms with van der Waals surface area (Å²) in [6.07, 6.45) is 13.8. The Bertz CT molecular complexity index is 535. The fourth-order valence-electron chi connectivity index (χ4n) is 5.47. The summed E-state index contributed by atoms with van der Waals surface area (Å²) in [5.74, 6) is 0. The summed E-state index contributed by atoms with van der Waals surface area (Å²) < 4.78 is 20.0. The maximum Gasteiger partial charge on any atom is 0.0595 e. The molecule has 0 amide bonds. The van der Waals surface area contributed by atoms with E-state index >= 15 is 0 Å². The van der Waals surface area contributed by atoms with Gasteiger partial charge in [-0.2, -0.15) is 0 Å². The number of piperidine rings is 2. The van der Waals surface area contributed by atoms with Crippen LogP contribution in [0, 0.1) is 0 Å². The van der Waals surface area contributed by atoms with Crippen molar-refractivity contribution in [1.82, 2.24) is 24.5 Å². The van der Waals surface area contributed by atoms with Gasteiger partial charge < -0.3 is 43.4 Å². The molecule has 0 aromatic rings. The van der Waals surface area contributed by atoms with Crippen molar-refractivity contribution in [3.63, 3.8) is 0 Å². The van der Waals surface area contributed by atoms with Gasteiger partial charge in [0.1, 0.15) is 0 Å². The zero-order chi connectivity index (χ0) is 32.0. The largest absolute Gasteiger partial charge is 0.385 e. The molecule has 0 N–H and O–H groups in total. The SMILES string of the molecule is CCN1CCCC1.COC1CCN(C)CC1.COCCCN(C)C.COCCN1CCCC1.COCCN1CCCCC1. The van der Waals surface area contributed by atoms with Crippen LogP contribution in [0.15, 0.2) is 0 Å². The summed E-state index contributed by atoms with van der Waals surface area (Å²) in [4.78, 5) is 11.9. The van der Waals surface area contributed by atoms with Crippen molar-refractivity contribution in [1.29, 1.82) is 0 Å². The molecule has 0 spiro atoms. The van der Waals surface area contributed by atoms with E-state index in [0.717, 1.165) is 45.9 Å². The molecular weight excluding hydrogens is 542 g/mol. The highest BCUT2D eigenvalue weighted by atomic mass is 16.5. The highest BCUT2D eigenvalue weighted by molar-refractivity contribution is 4.69. The number of rotatable bonds is 12. The zero-order valence-corrected chi connectivity index (χ0v) is 30.1. The Hall–Kier alpha value is -0.360. The minimum atomic E-state index is 0.529. The molecule has 0 atom stereocenters. The van der Waals surface area contributed by atoms with Crippen LogP contribution in [0.2, 0.25) is 0 Å². The summed E-state index contributed by atoms with van der Waals surface area (Å²) in [5.41, 5.74) is 0. The van der Waals surface area contributed by atoms with Gasteiger partial charge in [0.25, 0.3) is 0 Å². The second kappa shape index (κ2) is 31.6. The molecule has 4 aliphatic heterocycles. The van der Waals surface area contributed by atoms with Crippen LogP contribution in [-0.4, -0.2) is 179 Å². The fraction of sp³-hybridized carbons (Fsp3) is 1.00. The average molecular weight is 618 g/mol. The maximum absolute atomic E-state index is 5.21. The average Bonchev–Trinajstić information content (AvgIpc) is 3.76. The molecule has 43 heavy (non-hydrogen) atoms. The highest BCUT2D eigenvalue weighted by Gasteiger charge is 2.14. The lowest BCUT2D eigenvalue weighted by Gasteiger charge is -2.27. The molecule has 0 saturated carbocycles. The second-order valence-corrected chi connectivity index (χ2v) is 12.5. The Labute approximate surface area is 268 Å². The van der Waals surface area contributed by atoms with E-state index in [0.29, 0.717) is 6.10 Å². The van der Waals surface area contributed by atoms with Crippen LogP contribution >= 0.6 is 0 Å². The third-order valence-corrected chi connectivity index (χ3v) is 8.47. The monoisotopic (exact) mass is 618 g/mol. The van der Waals surface area contributed by atoms with E-state index in [1.165, 1.54) is 117 Å². The first-order valence-electron chi connectivity index (χ1n) is 17.4. The van der Waals surface area contributed by atoms with Crippen molar-refractivity contribution in [2.24, 2.45) is 0 Å². The van der Waals surface area contributed by atoms with Crippen molar-refractivity contribution in [3.8, 4) is 0 Å². The molecule has 4 saturated heterocycles. The molecule has 0 radical (unpaired) electrons. The predicted molar refractivity (Wildman–Crippen MR) is 184 cm³/mol. The van der Waals surface area contributed by atoms with Gasteiger partial charge in [-0.3, -0.25) is 0 Å². The van der Waals surface area contributed by atoms with Gasteiger partial charge in [-0.1, -0.05) is 13.3 Å². The molecule has 0 aliphatic carbocycles. The number of likely N-dealkylation sites (tertiary alicyclic amines) is 4. The smallest absolute Gasteiger partial charge is 0.0595 e. The van der Waals surface area contributed by atoms with E-state index < -0.39 is 0 Å². The molecule has 4 fully saturated rings. The van der Waals surface area contributed by atoms with Gasteiger partial charge >= 0.3 is 0 Å². The third kappa shape index (κ3) is 27.7. The number of hydrogen-bond acceptors (Lipinski definition) is 9. The lowest BCUT2D eigenvalue weighted by molar-refractivity contribution is 0.0484. The van der Waals surface area contributed by atoms with Gasteiger partial charge in [-0.25, -0.2) is 0 Å². The van der Waals surface area contributed by atoms with Crippen LogP contribution in [0.4, 0.5) is 0 Å². The standard InChI is InChI=1S/C8H17NO.2C7H15NO.C6H15NO.C6H13N/c1-10-8-7-9-5-3-2-4-6-9;1-8-5-3-7(9-2)4-6-8;1-9-7-6-8-4-2-3-5-8;1-7(2)5-4-6-8-3;1-2-7-5-3-4-6-7/h2-8H2,1H3;7H,3-6H2,1-2H3;2-7H2,1H3;4-6H2,1-3H3;2-6H2,1H3. The first-order valence-corrected chi connectivity index (χ1v) is 17.4. The van der Waals surface area contributed by atoms with E-state index in [-0.39, 0.29) is 0 Å². The fourth-order valence-corrected chi connectivity index (χ4v) is 5.47. The van der Waals surface area contributed by atoms with Crippen LogP contribution in [0.25, 0.3) is 0 Å². The Balaban J connectivity index is 0.000000515. The van der Waals surface area contributed by atoms with Gasteiger partial charge in [0.15, 0.2) is 0 Å². The third-order valence-electron chi connectivity index (χ3n) is 8.47. The van der Waals surface area contributed by atoms with Crippen LogP contribution in [0.5, 0.6) is 0 Å². The maximum atomic E-state index is 5.21. The Morgan fingerprint density at radius 3 is 1.35 bits per heavy atom. The molecule has 0 bridgehead atoms. The van der Waals surface area contributed by atoms with Gasteiger partial charge in [-0.15, -0.1) is 0 Å². The van der Waals surface area contributed by atoms with Crippen molar-refractivity contribution in [2.45, 2.75) is 77.2 Å². The molecule has 0 aromatic heterocycles. The summed E-state index contributed by atoms with van der Waals surface area (Å²) in [6, 6.07) is 0. The lowest BCUT2D eigenvalue weighted by atomic mass is 10.1. The van der Waals surface area contributed by atoms with E-state index in [1.54, 1.807) is 28.4 Å². The van der Waals surface area contributed by atoms with Crippen molar-refractivity contribution in [3.05, 3.63) is 0 Å². The minimum absolute atomic E-state index is 0.529. The highest BCUT2D eigenvalue weighted by Crippen LogP contribution is 2.10. The first kappa shape index (κ1) is 42.6. The van der Waals surface area contributed by atoms with Crippen LogP contribution < -0.4 is 0 Å². The predicted octanol–water partition coefficient (Wildman–Crippen LogP) is 4.26. The molecule has 0 aromatic carbocycles. The quantitative estimate of drug-likeness (QED) is 0.299. The Morgan fingerprint density at radius 1 is 0.581 bits per heavy atom.